The molecule has 0 spiro atoms. The molecule has 1 fully saturated rings. The van der Waals surface area contributed by atoms with E-state index in [2.05, 4.69) is 0 Å². The maximum absolute atomic E-state index is 12.8. The highest BCUT2D eigenvalue weighted by Gasteiger charge is 2.62. The molecular weight excluding hydrogens is 259 g/mol. The number of halogens is 1. The molecule has 1 aromatic carbocycles. The van der Waals surface area contributed by atoms with E-state index in [0.717, 1.165) is 0 Å². The number of hydrogen-bond donors (Lipinski definition) is 1. The molecule has 6 heteroatoms. The molecule has 0 aliphatic heterocycles. The zero-order chi connectivity index (χ0) is 13.5. The van der Waals surface area contributed by atoms with Gasteiger partial charge >= 0.3 is 5.97 Å². The molecule has 1 aliphatic rings. The van der Waals surface area contributed by atoms with Crippen molar-refractivity contribution in [2.45, 2.75) is 18.1 Å². The van der Waals surface area contributed by atoms with E-state index in [1.54, 1.807) is 0 Å². The molecule has 4 nitrogen and oxygen atoms in total. The van der Waals surface area contributed by atoms with Gasteiger partial charge in [0.2, 0.25) is 0 Å². The molecule has 0 heterocycles. The maximum atomic E-state index is 12.8. The third-order valence-corrected chi connectivity index (χ3v) is 5.53. The average molecular weight is 272 g/mol. The number of carboxylic acids is 1. The average Bonchev–Trinajstić information content (AvgIpc) is 3.06. The number of sulfone groups is 1. The van der Waals surface area contributed by atoms with Gasteiger partial charge in [0.15, 0.2) is 9.84 Å². The van der Waals surface area contributed by atoms with Crippen molar-refractivity contribution < 1.29 is 22.7 Å². The lowest BCUT2D eigenvalue weighted by Gasteiger charge is -2.00. The molecule has 0 radical (unpaired) electrons. The molecule has 0 unspecified atom stereocenters. The van der Waals surface area contributed by atoms with E-state index >= 15 is 0 Å². The Balaban J connectivity index is 2.33. The summed E-state index contributed by atoms with van der Waals surface area (Å²) in [4.78, 5) is 11.0. The summed E-state index contributed by atoms with van der Waals surface area (Å²) in [7, 11) is -3.40. The van der Waals surface area contributed by atoms with Crippen LogP contribution in [-0.4, -0.2) is 30.5 Å². The largest absolute Gasteiger partial charge is 0.481 e. The van der Waals surface area contributed by atoms with E-state index in [4.69, 9.17) is 5.11 Å². The van der Waals surface area contributed by atoms with Crippen LogP contribution in [-0.2, 0) is 14.6 Å². The standard InChI is InChI=1S/C12H13FO4S/c1-2-18(16,17)11-9(10(11)12(14)15)7-3-5-8(13)6-4-7/h3-6,9-11H,2H2,1H3,(H,14,15)/t9-,10-,11+/m1/s1. The van der Waals surface area contributed by atoms with Crippen molar-refractivity contribution in [3.05, 3.63) is 35.6 Å². The fourth-order valence-corrected chi connectivity index (χ4v) is 4.10. The van der Waals surface area contributed by atoms with Crippen LogP contribution in [0.15, 0.2) is 24.3 Å². The molecule has 0 aromatic heterocycles. The molecule has 1 N–H and O–H groups in total. The van der Waals surface area contributed by atoms with Gasteiger partial charge in [0.25, 0.3) is 0 Å². The minimum atomic E-state index is -3.40. The molecule has 0 amide bonds. The molecule has 0 bridgehead atoms. The Kier molecular flexibility index (Phi) is 3.14. The molecule has 1 aliphatic carbocycles. The Morgan fingerprint density at radius 1 is 1.33 bits per heavy atom. The fraction of sp³-hybridized carbons (Fsp3) is 0.417. The van der Waals surface area contributed by atoms with Crippen molar-refractivity contribution in [1.82, 2.24) is 0 Å². The van der Waals surface area contributed by atoms with Crippen molar-refractivity contribution in [2.75, 3.05) is 5.75 Å². The molecule has 1 aromatic rings. The van der Waals surface area contributed by atoms with E-state index in [9.17, 15) is 17.6 Å². The second-order valence-corrected chi connectivity index (χ2v) is 6.80. The second kappa shape index (κ2) is 4.35. The Hall–Kier alpha value is -1.43. The predicted molar refractivity (Wildman–Crippen MR) is 63.5 cm³/mol. The molecule has 98 valence electrons. The Morgan fingerprint density at radius 2 is 1.89 bits per heavy atom. The van der Waals surface area contributed by atoms with Crippen LogP contribution in [0.2, 0.25) is 0 Å². The molecule has 0 saturated heterocycles. The summed E-state index contributed by atoms with van der Waals surface area (Å²) in [5.74, 6) is -3.11. The quantitative estimate of drug-likeness (QED) is 0.900. The Bertz CT molecular complexity index is 564. The summed E-state index contributed by atoms with van der Waals surface area (Å²) >= 11 is 0. The van der Waals surface area contributed by atoms with Gasteiger partial charge in [-0.3, -0.25) is 4.79 Å². The smallest absolute Gasteiger partial charge is 0.308 e. The third-order valence-electron chi connectivity index (χ3n) is 3.31. The highest BCUT2D eigenvalue weighted by Crippen LogP contribution is 2.52. The minimum Gasteiger partial charge on any atom is -0.481 e. The maximum Gasteiger partial charge on any atom is 0.308 e. The SMILES string of the molecule is CCS(=O)(=O)[C@@H]1[C@H](C(=O)O)[C@H]1c1ccc(F)cc1. The third kappa shape index (κ3) is 2.12. The van der Waals surface area contributed by atoms with Gasteiger partial charge in [-0.2, -0.15) is 0 Å². The number of benzene rings is 1. The first-order valence-electron chi connectivity index (χ1n) is 5.58. The van der Waals surface area contributed by atoms with Crippen LogP contribution in [0.25, 0.3) is 0 Å². The molecule has 2 rings (SSSR count). The van der Waals surface area contributed by atoms with Gasteiger partial charge < -0.3 is 5.11 Å². The lowest BCUT2D eigenvalue weighted by molar-refractivity contribution is -0.138. The van der Waals surface area contributed by atoms with E-state index in [0.29, 0.717) is 5.56 Å². The van der Waals surface area contributed by atoms with Gasteiger partial charge in [0.05, 0.1) is 11.2 Å². The van der Waals surface area contributed by atoms with Gasteiger partial charge in [0.1, 0.15) is 5.82 Å². The van der Waals surface area contributed by atoms with Crippen molar-refractivity contribution >= 4 is 15.8 Å². The van der Waals surface area contributed by atoms with Gasteiger partial charge in [-0.1, -0.05) is 19.1 Å². The topological polar surface area (TPSA) is 71.4 Å². The Labute approximate surface area is 104 Å². The van der Waals surface area contributed by atoms with E-state index < -0.39 is 38.7 Å². The Morgan fingerprint density at radius 3 is 2.33 bits per heavy atom. The van der Waals surface area contributed by atoms with Crippen LogP contribution >= 0.6 is 0 Å². The van der Waals surface area contributed by atoms with Crippen molar-refractivity contribution in [3.8, 4) is 0 Å². The summed E-state index contributed by atoms with van der Waals surface area (Å²) in [6.45, 7) is 1.49. The lowest BCUT2D eigenvalue weighted by Crippen LogP contribution is -2.14. The van der Waals surface area contributed by atoms with Crippen LogP contribution in [0.5, 0.6) is 0 Å². The summed E-state index contributed by atoms with van der Waals surface area (Å²) < 4.78 is 36.4. The van der Waals surface area contributed by atoms with Crippen LogP contribution in [0.1, 0.15) is 18.4 Å². The number of aliphatic carboxylic acids is 1. The van der Waals surface area contributed by atoms with Gasteiger partial charge in [-0.05, 0) is 17.7 Å². The number of carbonyl (C=O) groups is 1. The normalized spacial score (nSPS) is 26.9. The number of hydrogen-bond acceptors (Lipinski definition) is 3. The van der Waals surface area contributed by atoms with Gasteiger partial charge in [0, 0.05) is 11.7 Å². The van der Waals surface area contributed by atoms with E-state index in [-0.39, 0.29) is 5.75 Å². The number of carboxylic acid groups (broad SMARTS) is 1. The number of rotatable bonds is 4. The lowest BCUT2D eigenvalue weighted by atomic mass is 10.1. The molecule has 1 saturated carbocycles. The van der Waals surface area contributed by atoms with Crippen LogP contribution in [0.4, 0.5) is 4.39 Å². The summed E-state index contributed by atoms with van der Waals surface area (Å²) in [6, 6.07) is 5.31. The highest BCUT2D eigenvalue weighted by molar-refractivity contribution is 7.92. The molecule has 3 atom stereocenters. The van der Waals surface area contributed by atoms with Crippen molar-refractivity contribution in [3.63, 3.8) is 0 Å². The highest BCUT2D eigenvalue weighted by atomic mass is 32.2. The second-order valence-electron chi connectivity index (χ2n) is 4.36. The fourth-order valence-electron chi connectivity index (χ4n) is 2.30. The molecule has 18 heavy (non-hydrogen) atoms. The van der Waals surface area contributed by atoms with Crippen LogP contribution in [0.3, 0.4) is 0 Å². The minimum absolute atomic E-state index is 0.0842. The summed E-state index contributed by atoms with van der Waals surface area (Å²) in [5.41, 5.74) is 0.561. The van der Waals surface area contributed by atoms with Gasteiger partial charge in [-0.25, -0.2) is 12.8 Å². The van der Waals surface area contributed by atoms with Crippen molar-refractivity contribution in [2.24, 2.45) is 5.92 Å². The van der Waals surface area contributed by atoms with Crippen LogP contribution in [0, 0.1) is 11.7 Å². The van der Waals surface area contributed by atoms with Gasteiger partial charge in [-0.15, -0.1) is 0 Å². The van der Waals surface area contributed by atoms with E-state index in [1.807, 2.05) is 0 Å². The van der Waals surface area contributed by atoms with Crippen LogP contribution < -0.4 is 0 Å². The summed E-state index contributed by atoms with van der Waals surface area (Å²) in [6.07, 6.45) is 0. The zero-order valence-corrected chi connectivity index (χ0v) is 10.5. The predicted octanol–water partition coefficient (Wildman–Crippen LogP) is 1.43. The van der Waals surface area contributed by atoms with Crippen molar-refractivity contribution in [1.29, 1.82) is 0 Å². The zero-order valence-electron chi connectivity index (χ0n) is 9.71. The summed E-state index contributed by atoms with van der Waals surface area (Å²) in [5, 5.41) is 8.15. The monoisotopic (exact) mass is 272 g/mol. The molecular formula is C12H13FO4S. The van der Waals surface area contributed by atoms with E-state index in [1.165, 1.54) is 31.2 Å². The first-order chi connectivity index (χ1) is 8.38. The first-order valence-corrected chi connectivity index (χ1v) is 7.30. The first kappa shape index (κ1) is 13.0.